The third-order valence-electron chi connectivity index (χ3n) is 9.75. The number of nitrogens with zero attached hydrogens (tertiary/aromatic N) is 4. The highest BCUT2D eigenvalue weighted by atomic mass is 32.2. The number of likely N-dealkylation sites (tertiary alicyclic amines) is 1. The molecule has 2 aromatic rings. The third kappa shape index (κ3) is 6.32. The molecule has 2 saturated heterocycles. The Labute approximate surface area is 283 Å². The van der Waals surface area contributed by atoms with Crippen molar-refractivity contribution in [2.45, 2.75) is 43.3 Å². The lowest BCUT2D eigenvalue weighted by Gasteiger charge is -2.51. The van der Waals surface area contributed by atoms with E-state index < -0.39 is 51.5 Å². The van der Waals surface area contributed by atoms with Crippen molar-refractivity contribution in [3.8, 4) is 11.5 Å². The van der Waals surface area contributed by atoms with Crippen LogP contribution in [0.4, 0.5) is 19.3 Å². The van der Waals surface area contributed by atoms with Crippen molar-refractivity contribution in [2.75, 3.05) is 70.5 Å². The minimum absolute atomic E-state index is 0.00920. The van der Waals surface area contributed by atoms with Crippen molar-refractivity contribution in [3.05, 3.63) is 59.2 Å². The number of carbonyl (C=O) groups is 2. The average molecular weight is 703 g/mol. The van der Waals surface area contributed by atoms with Gasteiger partial charge in [0.15, 0.2) is 17.6 Å². The van der Waals surface area contributed by atoms with E-state index in [0.717, 1.165) is 11.1 Å². The number of hydrogen-bond acceptors (Lipinski definition) is 9. The summed E-state index contributed by atoms with van der Waals surface area (Å²) in [5, 5.41) is 11.2. The molecule has 15 heteroatoms. The van der Waals surface area contributed by atoms with Crippen molar-refractivity contribution < 1.29 is 46.1 Å². The molecule has 5 aliphatic rings. The van der Waals surface area contributed by atoms with Gasteiger partial charge in [0.2, 0.25) is 10.0 Å². The summed E-state index contributed by atoms with van der Waals surface area (Å²) in [6.07, 6.45) is -2.10. The van der Waals surface area contributed by atoms with Gasteiger partial charge in [-0.2, -0.15) is 4.31 Å². The normalized spacial score (nSPS) is 24.2. The predicted octanol–water partition coefficient (Wildman–Crippen LogP) is 3.27. The molecular formula is C34H40F2N4O8S. The van der Waals surface area contributed by atoms with Gasteiger partial charge in [0.1, 0.15) is 18.8 Å². The summed E-state index contributed by atoms with van der Waals surface area (Å²) in [7, 11) is -3.83. The Bertz CT molecular complexity index is 1780. The molecule has 5 aliphatic heterocycles. The first kappa shape index (κ1) is 33.5. The van der Waals surface area contributed by atoms with E-state index in [9.17, 15) is 23.1 Å². The molecule has 2 aromatic carbocycles. The summed E-state index contributed by atoms with van der Waals surface area (Å²) in [4.78, 5) is 30.9. The fourth-order valence-corrected chi connectivity index (χ4v) is 8.69. The number of benzene rings is 2. The Hall–Kier alpha value is -3.95. The molecule has 0 aliphatic carbocycles. The SMILES string of the molecule is CC(C)(C)OC(=O)N1CC2CN(c3cccc(C(O)C(=O)N4CC5=C(C4)CN(S(=O)(=O)c4ccc6c(c4)OCCO6)C5)c3)CC(C1)C2(F)F. The number of sulfonamides is 1. The number of anilines is 1. The number of aliphatic hydroxyl groups is 1. The lowest BCUT2D eigenvalue weighted by molar-refractivity contribution is -0.154. The van der Waals surface area contributed by atoms with Crippen molar-refractivity contribution in [1.29, 1.82) is 0 Å². The molecule has 2 fully saturated rings. The number of amides is 2. The zero-order valence-corrected chi connectivity index (χ0v) is 28.4. The predicted molar refractivity (Wildman–Crippen MR) is 173 cm³/mol. The molecule has 3 atom stereocenters. The van der Waals surface area contributed by atoms with Gasteiger partial charge >= 0.3 is 6.09 Å². The fraction of sp³-hybridized carbons (Fsp3) is 0.529. The molecule has 0 aromatic heterocycles. The lowest BCUT2D eigenvalue weighted by Crippen LogP contribution is -2.64. The maximum Gasteiger partial charge on any atom is 0.410 e. The van der Waals surface area contributed by atoms with Gasteiger partial charge in [-0.3, -0.25) is 4.79 Å². The quantitative estimate of drug-likeness (QED) is 0.467. The monoisotopic (exact) mass is 702 g/mol. The van der Waals surface area contributed by atoms with E-state index in [1.54, 1.807) is 51.1 Å². The number of halogens is 2. The molecule has 12 nitrogen and oxygen atoms in total. The van der Waals surface area contributed by atoms with Gasteiger partial charge in [-0.1, -0.05) is 12.1 Å². The lowest BCUT2D eigenvalue weighted by atomic mass is 9.80. The smallest absolute Gasteiger partial charge is 0.410 e. The van der Waals surface area contributed by atoms with Crippen molar-refractivity contribution in [3.63, 3.8) is 0 Å². The van der Waals surface area contributed by atoms with Crippen LogP contribution in [0.1, 0.15) is 32.4 Å². The minimum Gasteiger partial charge on any atom is -0.486 e. The fourth-order valence-electron chi connectivity index (χ4n) is 7.25. The standard InChI is InChI=1S/C34H40F2N4O8S/c1-33(2,3)48-32(43)39-19-24-17-37(18-25(20-39)34(24,35)36)26-6-4-5-21(11-26)30(41)31(42)38-13-22-15-40(16-23(22)14-38)49(44,45)27-7-8-28-29(12-27)47-10-9-46-28/h4-8,11-12,24-25,30,41H,9-10,13-20H2,1-3H3. The highest BCUT2D eigenvalue weighted by Gasteiger charge is 2.56. The number of ether oxygens (including phenoxy) is 3. The van der Waals surface area contributed by atoms with Crippen LogP contribution < -0.4 is 14.4 Å². The Morgan fingerprint density at radius 2 is 1.53 bits per heavy atom. The molecule has 1 N–H and O–H groups in total. The van der Waals surface area contributed by atoms with Gasteiger partial charge in [-0.15, -0.1) is 0 Å². The number of hydrogen-bond donors (Lipinski definition) is 1. The number of fused-ring (bicyclic) bond motifs is 3. The second-order valence-corrected chi connectivity index (χ2v) is 16.3. The second kappa shape index (κ2) is 12.1. The zero-order chi connectivity index (χ0) is 34.9. The van der Waals surface area contributed by atoms with Crippen molar-refractivity contribution >= 4 is 27.7 Å². The van der Waals surface area contributed by atoms with Gasteiger partial charge in [0, 0.05) is 64.1 Å². The van der Waals surface area contributed by atoms with Crippen LogP contribution in [0.15, 0.2) is 58.5 Å². The molecule has 0 spiro atoms. The summed E-state index contributed by atoms with van der Waals surface area (Å²) in [5.74, 6) is -4.82. The first-order valence-corrected chi connectivity index (χ1v) is 17.8. The summed E-state index contributed by atoms with van der Waals surface area (Å²) in [6.45, 7) is 6.28. The van der Waals surface area contributed by atoms with Crippen LogP contribution in [-0.2, 0) is 19.6 Å². The Morgan fingerprint density at radius 1 is 0.898 bits per heavy atom. The van der Waals surface area contributed by atoms with Crippen molar-refractivity contribution in [1.82, 2.24) is 14.1 Å². The summed E-state index contributed by atoms with van der Waals surface area (Å²) in [6, 6.07) is 11.2. The van der Waals surface area contributed by atoms with E-state index in [2.05, 4.69) is 0 Å². The molecular weight excluding hydrogens is 662 g/mol. The van der Waals surface area contributed by atoms with Crippen LogP contribution in [-0.4, -0.2) is 117 Å². The second-order valence-electron chi connectivity index (χ2n) is 14.3. The highest BCUT2D eigenvalue weighted by molar-refractivity contribution is 7.89. The molecule has 2 bridgehead atoms. The van der Waals surface area contributed by atoms with E-state index in [4.69, 9.17) is 14.2 Å². The van der Waals surface area contributed by atoms with Crippen molar-refractivity contribution in [2.24, 2.45) is 11.8 Å². The third-order valence-corrected chi connectivity index (χ3v) is 11.5. The Morgan fingerprint density at radius 3 is 2.16 bits per heavy atom. The van der Waals surface area contributed by atoms with Crippen LogP contribution >= 0.6 is 0 Å². The molecule has 0 saturated carbocycles. The average Bonchev–Trinajstić information content (AvgIpc) is 3.63. The van der Waals surface area contributed by atoms with Gasteiger partial charge < -0.3 is 34.0 Å². The van der Waals surface area contributed by atoms with Gasteiger partial charge in [0.25, 0.3) is 11.8 Å². The maximum atomic E-state index is 15.3. The molecule has 49 heavy (non-hydrogen) atoms. The number of carbonyl (C=O) groups excluding carboxylic acids is 2. The first-order chi connectivity index (χ1) is 23.1. The first-order valence-electron chi connectivity index (χ1n) is 16.4. The van der Waals surface area contributed by atoms with Crippen LogP contribution in [0.25, 0.3) is 0 Å². The van der Waals surface area contributed by atoms with Crippen LogP contribution in [0, 0.1) is 11.8 Å². The van der Waals surface area contributed by atoms with Crippen LogP contribution in [0.3, 0.4) is 0 Å². The summed E-state index contributed by atoms with van der Waals surface area (Å²) < 4.78 is 75.2. The topological polar surface area (TPSA) is 129 Å². The van der Waals surface area contributed by atoms with Gasteiger partial charge in [-0.25, -0.2) is 22.0 Å². The number of piperidine rings is 2. The van der Waals surface area contributed by atoms with E-state index in [1.807, 2.05) is 4.90 Å². The molecule has 0 radical (unpaired) electrons. The largest absolute Gasteiger partial charge is 0.486 e. The van der Waals surface area contributed by atoms with E-state index >= 15 is 8.78 Å². The summed E-state index contributed by atoms with van der Waals surface area (Å²) >= 11 is 0. The van der Waals surface area contributed by atoms with Gasteiger partial charge in [0.05, 0.1) is 16.7 Å². The molecule has 5 heterocycles. The molecule has 3 unspecified atom stereocenters. The molecule has 2 amide bonds. The number of alkyl halides is 2. The molecule has 7 rings (SSSR count). The van der Waals surface area contributed by atoms with Gasteiger partial charge in [-0.05, 0) is 61.7 Å². The zero-order valence-electron chi connectivity index (χ0n) is 27.6. The number of aliphatic hydroxyl groups excluding tert-OH is 1. The van der Waals surface area contributed by atoms with Crippen LogP contribution in [0.2, 0.25) is 0 Å². The molecule has 264 valence electrons. The Balaban J connectivity index is 0.978. The Kier molecular flexibility index (Phi) is 8.30. The highest BCUT2D eigenvalue weighted by Crippen LogP contribution is 2.44. The number of rotatable bonds is 5. The van der Waals surface area contributed by atoms with Crippen LogP contribution in [0.5, 0.6) is 11.5 Å². The van der Waals surface area contributed by atoms with E-state index in [0.29, 0.717) is 36.0 Å². The van der Waals surface area contributed by atoms with E-state index in [-0.39, 0.29) is 57.3 Å². The minimum atomic E-state index is -3.83. The van der Waals surface area contributed by atoms with E-state index in [1.165, 1.54) is 26.2 Å². The maximum absolute atomic E-state index is 15.3. The summed E-state index contributed by atoms with van der Waals surface area (Å²) in [5.41, 5.74) is 1.82.